The summed E-state index contributed by atoms with van der Waals surface area (Å²) in [6.45, 7) is 4.08. The molecule has 1 aliphatic heterocycles. The van der Waals surface area contributed by atoms with Crippen molar-refractivity contribution in [3.05, 3.63) is 41.7 Å². The number of carbonyl (C=O) groups is 2. The Morgan fingerprint density at radius 3 is 2.96 bits per heavy atom. The molecule has 8 heteroatoms. The molecule has 0 bridgehead atoms. The fraction of sp³-hybridized carbons (Fsp3) is 0.389. The van der Waals surface area contributed by atoms with Gasteiger partial charge in [0.15, 0.2) is 5.82 Å². The lowest BCUT2D eigenvalue weighted by Crippen LogP contribution is -2.34. The van der Waals surface area contributed by atoms with Gasteiger partial charge in [0.05, 0.1) is 23.7 Å². The van der Waals surface area contributed by atoms with E-state index in [2.05, 4.69) is 15.8 Å². The maximum absolute atomic E-state index is 12.3. The Kier molecular flexibility index (Phi) is 5.82. The first-order valence-electron chi connectivity index (χ1n) is 8.40. The van der Waals surface area contributed by atoms with Crippen LogP contribution in [0.4, 0.5) is 5.82 Å². The normalized spacial score (nSPS) is 16.9. The van der Waals surface area contributed by atoms with E-state index in [1.54, 1.807) is 19.9 Å². The van der Waals surface area contributed by atoms with Crippen LogP contribution < -0.4 is 15.4 Å². The van der Waals surface area contributed by atoms with Crippen molar-refractivity contribution >= 4 is 29.4 Å². The lowest BCUT2D eigenvalue weighted by atomic mass is 10.0. The fourth-order valence-corrected chi connectivity index (χ4v) is 3.35. The third kappa shape index (κ3) is 4.57. The van der Waals surface area contributed by atoms with Gasteiger partial charge in [-0.3, -0.25) is 9.59 Å². The number of aryl methyl sites for hydroxylation is 1. The number of anilines is 1. The number of ether oxygens (including phenoxy) is 1. The molecule has 2 heterocycles. The van der Waals surface area contributed by atoms with Crippen LogP contribution in [0.1, 0.15) is 30.7 Å². The minimum Gasteiger partial charge on any atom is -0.493 e. The van der Waals surface area contributed by atoms with Crippen molar-refractivity contribution in [1.82, 2.24) is 10.5 Å². The number of amides is 2. The van der Waals surface area contributed by atoms with Crippen LogP contribution in [0.2, 0.25) is 0 Å². The maximum Gasteiger partial charge on any atom is 0.238 e. The lowest BCUT2D eigenvalue weighted by Gasteiger charge is -2.26. The van der Waals surface area contributed by atoms with Gasteiger partial charge in [-0.2, -0.15) is 0 Å². The highest BCUT2D eigenvalue weighted by atomic mass is 32.2. The molecular weight excluding hydrogens is 354 g/mol. The molecule has 2 aromatic rings. The number of thioether (sulfide) groups is 1. The summed E-state index contributed by atoms with van der Waals surface area (Å²) in [5.74, 6) is 1.69. The number of aromatic nitrogens is 1. The summed E-state index contributed by atoms with van der Waals surface area (Å²) < 4.78 is 10.5. The molecule has 0 unspecified atom stereocenters. The van der Waals surface area contributed by atoms with Crippen LogP contribution in [0.15, 0.2) is 34.9 Å². The standard InChI is InChI=1S/C18H21N3O4S/c1-11-9-16(21-25-11)20-18(23)12(2)26-10-17(22)19-14-7-8-24-15-6-4-3-5-13(14)15/h3-6,9,12,14H,7-8,10H2,1-2H3,(H,19,22)(H,20,21,23)/t12-,14+/m1/s1. The third-order valence-corrected chi connectivity index (χ3v) is 5.15. The Morgan fingerprint density at radius 2 is 2.19 bits per heavy atom. The van der Waals surface area contributed by atoms with Gasteiger partial charge in [0.1, 0.15) is 11.5 Å². The molecule has 0 aliphatic carbocycles. The van der Waals surface area contributed by atoms with E-state index in [-0.39, 0.29) is 28.9 Å². The summed E-state index contributed by atoms with van der Waals surface area (Å²) in [7, 11) is 0. The zero-order chi connectivity index (χ0) is 18.5. The molecule has 7 nitrogen and oxygen atoms in total. The molecule has 26 heavy (non-hydrogen) atoms. The van der Waals surface area contributed by atoms with Crippen molar-refractivity contribution in [3.8, 4) is 5.75 Å². The van der Waals surface area contributed by atoms with Gasteiger partial charge in [-0.05, 0) is 19.9 Å². The topological polar surface area (TPSA) is 93.5 Å². The third-order valence-electron chi connectivity index (χ3n) is 4.01. The van der Waals surface area contributed by atoms with E-state index < -0.39 is 0 Å². The Balaban J connectivity index is 1.47. The molecule has 0 fully saturated rings. The Morgan fingerprint density at radius 1 is 1.38 bits per heavy atom. The highest BCUT2D eigenvalue weighted by Crippen LogP contribution is 2.31. The van der Waals surface area contributed by atoms with Crippen LogP contribution in [0.3, 0.4) is 0 Å². The van der Waals surface area contributed by atoms with Gasteiger partial charge < -0.3 is 19.9 Å². The number of nitrogens with one attached hydrogen (secondary N) is 2. The number of para-hydroxylation sites is 1. The van der Waals surface area contributed by atoms with Gasteiger partial charge >= 0.3 is 0 Å². The van der Waals surface area contributed by atoms with Crippen LogP contribution in [-0.4, -0.2) is 34.6 Å². The summed E-state index contributed by atoms with van der Waals surface area (Å²) in [6.07, 6.45) is 0.731. The average molecular weight is 375 g/mol. The van der Waals surface area contributed by atoms with E-state index >= 15 is 0 Å². The molecule has 0 spiro atoms. The monoisotopic (exact) mass is 375 g/mol. The van der Waals surface area contributed by atoms with Crippen LogP contribution in [0.25, 0.3) is 0 Å². The second kappa shape index (κ2) is 8.27. The quantitative estimate of drug-likeness (QED) is 0.806. The number of nitrogens with zero attached hydrogens (tertiary/aromatic N) is 1. The number of carbonyl (C=O) groups excluding carboxylic acids is 2. The highest BCUT2D eigenvalue weighted by molar-refractivity contribution is 8.01. The number of hydrogen-bond donors (Lipinski definition) is 2. The molecule has 0 saturated carbocycles. The lowest BCUT2D eigenvalue weighted by molar-refractivity contribution is -0.119. The average Bonchev–Trinajstić information content (AvgIpc) is 3.04. The van der Waals surface area contributed by atoms with Gasteiger partial charge in [0.25, 0.3) is 0 Å². The van der Waals surface area contributed by atoms with E-state index in [0.29, 0.717) is 18.2 Å². The van der Waals surface area contributed by atoms with Crippen LogP contribution in [-0.2, 0) is 9.59 Å². The van der Waals surface area contributed by atoms with Crippen molar-refractivity contribution < 1.29 is 18.8 Å². The second-order valence-corrected chi connectivity index (χ2v) is 7.39. The molecule has 1 aromatic carbocycles. The Hall–Kier alpha value is -2.48. The minimum absolute atomic E-state index is 0.0599. The van der Waals surface area contributed by atoms with Gasteiger partial charge in [-0.15, -0.1) is 11.8 Å². The summed E-state index contributed by atoms with van der Waals surface area (Å²) in [5.41, 5.74) is 0.990. The summed E-state index contributed by atoms with van der Waals surface area (Å²) in [5, 5.41) is 9.03. The van der Waals surface area contributed by atoms with Gasteiger partial charge in [-0.25, -0.2) is 0 Å². The van der Waals surface area contributed by atoms with E-state index in [1.165, 1.54) is 11.8 Å². The summed E-state index contributed by atoms with van der Waals surface area (Å²) in [6, 6.07) is 9.29. The number of rotatable bonds is 6. The second-order valence-electron chi connectivity index (χ2n) is 6.06. The van der Waals surface area contributed by atoms with Gasteiger partial charge in [-0.1, -0.05) is 23.4 Å². The molecule has 3 rings (SSSR count). The molecule has 0 radical (unpaired) electrons. The van der Waals surface area contributed by atoms with Crippen molar-refractivity contribution in [2.75, 3.05) is 17.7 Å². The molecule has 2 amide bonds. The highest BCUT2D eigenvalue weighted by Gasteiger charge is 2.23. The number of hydrogen-bond acceptors (Lipinski definition) is 6. The molecule has 1 aromatic heterocycles. The van der Waals surface area contributed by atoms with Crippen molar-refractivity contribution in [1.29, 1.82) is 0 Å². The van der Waals surface area contributed by atoms with Crippen LogP contribution >= 0.6 is 11.8 Å². The zero-order valence-corrected chi connectivity index (χ0v) is 15.5. The molecular formula is C18H21N3O4S. The Labute approximate surface area is 155 Å². The van der Waals surface area contributed by atoms with Crippen molar-refractivity contribution in [2.45, 2.75) is 31.6 Å². The first kappa shape index (κ1) is 18.3. The molecule has 1 aliphatic rings. The SMILES string of the molecule is Cc1cc(NC(=O)[C@@H](C)SCC(=O)N[C@H]2CCOc3ccccc32)no1. The first-order valence-corrected chi connectivity index (χ1v) is 9.44. The Bertz CT molecular complexity index is 792. The number of benzene rings is 1. The summed E-state index contributed by atoms with van der Waals surface area (Å²) in [4.78, 5) is 24.4. The predicted molar refractivity (Wildman–Crippen MR) is 99.2 cm³/mol. The molecule has 0 saturated heterocycles. The van der Waals surface area contributed by atoms with Crippen LogP contribution in [0.5, 0.6) is 5.75 Å². The van der Waals surface area contributed by atoms with E-state index in [9.17, 15) is 9.59 Å². The zero-order valence-electron chi connectivity index (χ0n) is 14.7. The van der Waals surface area contributed by atoms with Crippen molar-refractivity contribution in [3.63, 3.8) is 0 Å². The van der Waals surface area contributed by atoms with E-state index in [4.69, 9.17) is 9.26 Å². The largest absolute Gasteiger partial charge is 0.493 e. The van der Waals surface area contributed by atoms with Gasteiger partial charge in [0, 0.05) is 18.1 Å². The molecule has 2 N–H and O–H groups in total. The maximum atomic E-state index is 12.3. The first-order chi connectivity index (χ1) is 12.5. The summed E-state index contributed by atoms with van der Waals surface area (Å²) >= 11 is 1.27. The molecule has 2 atom stereocenters. The minimum atomic E-state index is -0.389. The molecule has 138 valence electrons. The number of fused-ring (bicyclic) bond motifs is 1. The van der Waals surface area contributed by atoms with Gasteiger partial charge in [0.2, 0.25) is 11.8 Å². The van der Waals surface area contributed by atoms with E-state index in [1.807, 2.05) is 24.3 Å². The smallest absolute Gasteiger partial charge is 0.238 e. The van der Waals surface area contributed by atoms with E-state index in [0.717, 1.165) is 17.7 Å². The van der Waals surface area contributed by atoms with Crippen LogP contribution in [0, 0.1) is 6.92 Å². The fourth-order valence-electron chi connectivity index (χ4n) is 2.66. The van der Waals surface area contributed by atoms with Crippen molar-refractivity contribution in [2.24, 2.45) is 0 Å². The predicted octanol–water partition coefficient (Wildman–Crippen LogP) is 2.68.